The van der Waals surface area contributed by atoms with Crippen LogP contribution < -0.4 is 11.0 Å². The number of amides is 1. The van der Waals surface area contributed by atoms with Gasteiger partial charge in [0.05, 0.1) is 0 Å². The van der Waals surface area contributed by atoms with Crippen LogP contribution >= 0.6 is 22.9 Å². The maximum atomic E-state index is 12.2. The van der Waals surface area contributed by atoms with E-state index in [9.17, 15) is 9.59 Å². The molecular formula is C19H19ClN4O2S. The summed E-state index contributed by atoms with van der Waals surface area (Å²) in [5, 5.41) is 4.03. The Bertz CT molecular complexity index is 1030. The molecule has 8 heteroatoms. The van der Waals surface area contributed by atoms with Crippen molar-refractivity contribution < 1.29 is 4.79 Å². The fourth-order valence-electron chi connectivity index (χ4n) is 2.72. The van der Waals surface area contributed by atoms with Gasteiger partial charge >= 0.3 is 5.69 Å². The number of carbonyl (C=O) groups is 1. The molecule has 0 aliphatic heterocycles. The van der Waals surface area contributed by atoms with Gasteiger partial charge in [-0.25, -0.2) is 9.78 Å². The van der Waals surface area contributed by atoms with E-state index in [0.29, 0.717) is 22.3 Å². The number of hydrogen-bond donors (Lipinski definition) is 1. The number of aryl methyl sites for hydroxylation is 2. The number of thiazole rings is 1. The molecule has 0 radical (unpaired) electrons. The first-order chi connectivity index (χ1) is 12.9. The molecular weight excluding hydrogens is 384 g/mol. The number of benzene rings is 1. The number of nitrogens with zero attached hydrogens (tertiary/aromatic N) is 3. The molecule has 0 aliphatic rings. The molecule has 1 amide bonds. The van der Waals surface area contributed by atoms with Gasteiger partial charge in [0, 0.05) is 46.9 Å². The highest BCUT2D eigenvalue weighted by Gasteiger charge is 2.10. The molecule has 1 N–H and O–H groups in total. The molecule has 2 aromatic heterocycles. The zero-order valence-corrected chi connectivity index (χ0v) is 16.6. The smallest absolute Gasteiger partial charge is 0.302 e. The van der Waals surface area contributed by atoms with Gasteiger partial charge in [0.1, 0.15) is 0 Å². The van der Waals surface area contributed by atoms with E-state index < -0.39 is 0 Å². The highest BCUT2D eigenvalue weighted by atomic mass is 35.5. The summed E-state index contributed by atoms with van der Waals surface area (Å²) in [5.74, 6) is -0.194. The first-order valence-electron chi connectivity index (χ1n) is 8.45. The molecule has 0 saturated carbocycles. The van der Waals surface area contributed by atoms with Crippen LogP contribution in [0.25, 0.3) is 0 Å². The molecule has 3 rings (SSSR count). The largest absolute Gasteiger partial charge is 0.347 e. The quantitative estimate of drug-likeness (QED) is 0.683. The summed E-state index contributed by atoms with van der Waals surface area (Å²) in [6, 6.07) is 9.47. The predicted octanol–water partition coefficient (Wildman–Crippen LogP) is 3.59. The van der Waals surface area contributed by atoms with E-state index in [1.807, 2.05) is 37.3 Å². The lowest BCUT2D eigenvalue weighted by Gasteiger charge is -2.09. The fraction of sp³-hybridized carbons (Fsp3) is 0.263. The summed E-state index contributed by atoms with van der Waals surface area (Å²) in [7, 11) is 0. The first-order valence-corrected chi connectivity index (χ1v) is 9.65. The van der Waals surface area contributed by atoms with E-state index in [0.717, 1.165) is 16.1 Å². The van der Waals surface area contributed by atoms with Crippen LogP contribution in [0.1, 0.15) is 28.2 Å². The second kappa shape index (κ2) is 8.45. The molecule has 2 heterocycles. The highest BCUT2D eigenvalue weighted by Crippen LogP contribution is 2.24. The number of aromatic nitrogens is 3. The summed E-state index contributed by atoms with van der Waals surface area (Å²) in [5.41, 5.74) is 2.14. The van der Waals surface area contributed by atoms with Gasteiger partial charge in [-0.2, -0.15) is 4.98 Å². The summed E-state index contributed by atoms with van der Waals surface area (Å²) >= 11 is 7.59. The van der Waals surface area contributed by atoms with E-state index in [2.05, 4.69) is 15.3 Å². The summed E-state index contributed by atoms with van der Waals surface area (Å²) in [6.45, 7) is 3.88. The number of anilines is 1. The Morgan fingerprint density at radius 1 is 1.30 bits per heavy atom. The van der Waals surface area contributed by atoms with Crippen LogP contribution in [0.15, 0.2) is 41.3 Å². The second-order valence-corrected chi connectivity index (χ2v) is 7.69. The third-order valence-electron chi connectivity index (χ3n) is 4.03. The van der Waals surface area contributed by atoms with Crippen molar-refractivity contribution in [3.8, 4) is 0 Å². The number of rotatable bonds is 6. The maximum absolute atomic E-state index is 12.2. The minimum Gasteiger partial charge on any atom is -0.302 e. The standard InChI is InChI=1S/C19H19ClN4O2S/c1-12-9-13(2)24(19(26)22-12)8-7-17(25)23-18-21-11-15(27-18)10-14-5-3-4-6-16(14)20/h3-6,9,11H,7-8,10H2,1-2H3,(H,21,23,25). The molecule has 0 atom stereocenters. The van der Waals surface area contributed by atoms with E-state index in [-0.39, 0.29) is 24.6 Å². The Kier molecular flexibility index (Phi) is 6.03. The van der Waals surface area contributed by atoms with Gasteiger partial charge in [-0.3, -0.25) is 9.36 Å². The minimum absolute atomic E-state index is 0.172. The van der Waals surface area contributed by atoms with Crippen molar-refractivity contribution in [3.05, 3.63) is 73.9 Å². The molecule has 3 aromatic rings. The lowest BCUT2D eigenvalue weighted by Crippen LogP contribution is -2.27. The van der Waals surface area contributed by atoms with Crippen LogP contribution in [0.4, 0.5) is 5.13 Å². The monoisotopic (exact) mass is 402 g/mol. The van der Waals surface area contributed by atoms with Gasteiger partial charge in [0.25, 0.3) is 0 Å². The molecule has 0 saturated heterocycles. The van der Waals surface area contributed by atoms with Crippen LogP contribution in [-0.2, 0) is 17.8 Å². The average molecular weight is 403 g/mol. The van der Waals surface area contributed by atoms with Crippen LogP contribution in [0, 0.1) is 13.8 Å². The Morgan fingerprint density at radius 3 is 2.81 bits per heavy atom. The Labute approximate surface area is 165 Å². The molecule has 6 nitrogen and oxygen atoms in total. The predicted molar refractivity (Wildman–Crippen MR) is 108 cm³/mol. The first kappa shape index (κ1) is 19.3. The zero-order valence-electron chi connectivity index (χ0n) is 15.0. The Balaban J connectivity index is 1.58. The molecule has 0 bridgehead atoms. The number of carbonyl (C=O) groups excluding carboxylic acids is 1. The van der Waals surface area contributed by atoms with Gasteiger partial charge in [-0.1, -0.05) is 29.8 Å². The molecule has 1 aromatic carbocycles. The highest BCUT2D eigenvalue weighted by molar-refractivity contribution is 7.15. The minimum atomic E-state index is -0.337. The maximum Gasteiger partial charge on any atom is 0.347 e. The van der Waals surface area contributed by atoms with Crippen molar-refractivity contribution in [2.45, 2.75) is 33.2 Å². The summed E-state index contributed by atoms with van der Waals surface area (Å²) < 4.78 is 1.50. The fourth-order valence-corrected chi connectivity index (χ4v) is 3.77. The third kappa shape index (κ3) is 5.02. The lowest BCUT2D eigenvalue weighted by atomic mass is 10.1. The Morgan fingerprint density at radius 2 is 2.07 bits per heavy atom. The number of nitrogens with one attached hydrogen (secondary N) is 1. The van der Waals surface area contributed by atoms with Crippen molar-refractivity contribution in [2.75, 3.05) is 5.32 Å². The van der Waals surface area contributed by atoms with E-state index in [4.69, 9.17) is 11.6 Å². The van der Waals surface area contributed by atoms with E-state index in [1.54, 1.807) is 13.1 Å². The van der Waals surface area contributed by atoms with Crippen molar-refractivity contribution in [3.63, 3.8) is 0 Å². The van der Waals surface area contributed by atoms with Gasteiger partial charge in [0.15, 0.2) is 5.13 Å². The number of halogens is 1. The second-order valence-electron chi connectivity index (χ2n) is 6.17. The van der Waals surface area contributed by atoms with Crippen molar-refractivity contribution in [1.29, 1.82) is 0 Å². The van der Waals surface area contributed by atoms with Crippen LogP contribution in [0.2, 0.25) is 5.02 Å². The molecule has 0 unspecified atom stereocenters. The molecule has 27 heavy (non-hydrogen) atoms. The van der Waals surface area contributed by atoms with Crippen LogP contribution in [0.5, 0.6) is 0 Å². The summed E-state index contributed by atoms with van der Waals surface area (Å²) in [6.07, 6.45) is 2.57. The van der Waals surface area contributed by atoms with Gasteiger partial charge in [-0.05, 0) is 31.5 Å². The normalized spacial score (nSPS) is 10.8. The molecule has 0 aliphatic carbocycles. The summed E-state index contributed by atoms with van der Waals surface area (Å²) in [4.78, 5) is 33.3. The van der Waals surface area contributed by atoms with Gasteiger partial charge in [0.2, 0.25) is 5.91 Å². The lowest BCUT2D eigenvalue weighted by molar-refractivity contribution is -0.116. The number of hydrogen-bond acceptors (Lipinski definition) is 5. The molecule has 0 fully saturated rings. The molecule has 140 valence electrons. The SMILES string of the molecule is Cc1cc(C)n(CCC(=O)Nc2ncc(Cc3ccccc3Cl)s2)c(=O)n1. The van der Waals surface area contributed by atoms with Crippen molar-refractivity contribution in [2.24, 2.45) is 0 Å². The van der Waals surface area contributed by atoms with Crippen molar-refractivity contribution >= 4 is 34.0 Å². The average Bonchev–Trinajstić information content (AvgIpc) is 3.03. The van der Waals surface area contributed by atoms with Gasteiger partial charge in [-0.15, -0.1) is 11.3 Å². The topological polar surface area (TPSA) is 76.9 Å². The molecule has 0 spiro atoms. The Hall–Kier alpha value is -2.51. The van der Waals surface area contributed by atoms with Gasteiger partial charge < -0.3 is 5.32 Å². The van der Waals surface area contributed by atoms with E-state index >= 15 is 0 Å². The van der Waals surface area contributed by atoms with Crippen LogP contribution in [0.3, 0.4) is 0 Å². The zero-order chi connectivity index (χ0) is 19.4. The van der Waals surface area contributed by atoms with Crippen LogP contribution in [-0.4, -0.2) is 20.4 Å². The third-order valence-corrected chi connectivity index (χ3v) is 5.31. The van der Waals surface area contributed by atoms with Crippen molar-refractivity contribution in [1.82, 2.24) is 14.5 Å². The van der Waals surface area contributed by atoms with E-state index in [1.165, 1.54) is 15.9 Å².